The van der Waals surface area contributed by atoms with Crippen molar-refractivity contribution in [1.82, 2.24) is 10.3 Å². The molecule has 0 spiro atoms. The minimum absolute atomic E-state index is 0.167. The van der Waals surface area contributed by atoms with Crippen molar-refractivity contribution in [2.45, 2.75) is 19.9 Å². The van der Waals surface area contributed by atoms with E-state index in [1.807, 2.05) is 30.5 Å². The van der Waals surface area contributed by atoms with E-state index >= 15 is 0 Å². The van der Waals surface area contributed by atoms with Crippen LogP contribution in [0.4, 0.5) is 5.69 Å². The number of furan rings is 1. The highest BCUT2D eigenvalue weighted by atomic mass is 32.1. The van der Waals surface area contributed by atoms with Gasteiger partial charge in [0.15, 0.2) is 5.76 Å². The molecule has 6 nitrogen and oxygen atoms in total. The molecule has 3 rings (SSSR count). The number of anilines is 1. The van der Waals surface area contributed by atoms with E-state index in [1.165, 1.54) is 6.26 Å². The molecule has 1 unspecified atom stereocenters. The number of aryl methyl sites for hydroxylation is 1. The lowest BCUT2D eigenvalue weighted by Gasteiger charge is -2.13. The zero-order chi connectivity index (χ0) is 17.8. The Kier molecular flexibility index (Phi) is 4.95. The van der Waals surface area contributed by atoms with E-state index < -0.39 is 11.9 Å². The molecule has 0 radical (unpaired) electrons. The summed E-state index contributed by atoms with van der Waals surface area (Å²) in [5.41, 5.74) is 2.44. The van der Waals surface area contributed by atoms with Crippen LogP contribution in [0.15, 0.2) is 52.5 Å². The Morgan fingerprint density at radius 2 is 2.08 bits per heavy atom. The summed E-state index contributed by atoms with van der Waals surface area (Å²) in [6, 6.07) is 9.89. The first kappa shape index (κ1) is 16.9. The molecule has 2 N–H and O–H groups in total. The molecule has 0 aliphatic rings. The summed E-state index contributed by atoms with van der Waals surface area (Å²) >= 11 is 1.57. The van der Waals surface area contributed by atoms with Crippen LogP contribution in [0, 0.1) is 6.92 Å². The molecule has 3 aromatic rings. The molecule has 2 aromatic heterocycles. The third-order valence-electron chi connectivity index (χ3n) is 3.53. The zero-order valence-electron chi connectivity index (χ0n) is 13.8. The minimum atomic E-state index is -0.706. The maximum Gasteiger partial charge on any atom is 0.287 e. The molecule has 7 heteroatoms. The number of hydrogen-bond donors (Lipinski definition) is 2. The van der Waals surface area contributed by atoms with Crippen molar-refractivity contribution in [2.75, 3.05) is 5.32 Å². The van der Waals surface area contributed by atoms with Crippen LogP contribution in [0.5, 0.6) is 0 Å². The SMILES string of the molecule is Cc1nc(-c2cccc(NC(=O)C(C)NC(=O)c3ccco3)c2)cs1. The van der Waals surface area contributed by atoms with Gasteiger partial charge in [-0.05, 0) is 38.1 Å². The monoisotopic (exact) mass is 355 g/mol. The molecule has 128 valence electrons. The van der Waals surface area contributed by atoms with Crippen molar-refractivity contribution in [3.8, 4) is 11.3 Å². The molecule has 0 aliphatic carbocycles. The van der Waals surface area contributed by atoms with Crippen molar-refractivity contribution in [3.63, 3.8) is 0 Å². The fourth-order valence-corrected chi connectivity index (χ4v) is 2.87. The van der Waals surface area contributed by atoms with Gasteiger partial charge in [-0.25, -0.2) is 4.98 Å². The van der Waals surface area contributed by atoms with E-state index in [2.05, 4.69) is 15.6 Å². The third kappa shape index (κ3) is 4.13. The summed E-state index contributed by atoms with van der Waals surface area (Å²) in [5, 5.41) is 8.36. The summed E-state index contributed by atoms with van der Waals surface area (Å²) in [4.78, 5) is 28.7. The van der Waals surface area contributed by atoms with Crippen LogP contribution >= 0.6 is 11.3 Å². The maximum atomic E-state index is 12.3. The van der Waals surface area contributed by atoms with Gasteiger partial charge < -0.3 is 15.1 Å². The van der Waals surface area contributed by atoms with Crippen molar-refractivity contribution >= 4 is 28.8 Å². The zero-order valence-corrected chi connectivity index (χ0v) is 14.6. The number of carbonyl (C=O) groups is 2. The summed E-state index contributed by atoms with van der Waals surface area (Å²) in [6.45, 7) is 3.56. The number of carbonyl (C=O) groups excluding carboxylic acids is 2. The van der Waals surface area contributed by atoms with Crippen LogP contribution < -0.4 is 10.6 Å². The Morgan fingerprint density at radius 1 is 1.24 bits per heavy atom. The van der Waals surface area contributed by atoms with Crippen molar-refractivity contribution < 1.29 is 14.0 Å². The maximum absolute atomic E-state index is 12.3. The number of benzene rings is 1. The van der Waals surface area contributed by atoms with E-state index in [4.69, 9.17) is 4.42 Å². The minimum Gasteiger partial charge on any atom is -0.459 e. The lowest BCUT2D eigenvalue weighted by atomic mass is 10.1. The fraction of sp³-hybridized carbons (Fsp3) is 0.167. The average molecular weight is 355 g/mol. The quantitative estimate of drug-likeness (QED) is 0.734. The second-order valence-corrected chi connectivity index (χ2v) is 6.56. The summed E-state index contributed by atoms with van der Waals surface area (Å²) in [7, 11) is 0. The number of nitrogens with zero attached hydrogens (tertiary/aromatic N) is 1. The van der Waals surface area contributed by atoms with Crippen LogP contribution in [0.25, 0.3) is 11.3 Å². The number of rotatable bonds is 5. The molecule has 2 amide bonds. The van der Waals surface area contributed by atoms with E-state index in [1.54, 1.807) is 36.5 Å². The van der Waals surface area contributed by atoms with Crippen LogP contribution in [0.2, 0.25) is 0 Å². The normalized spacial score (nSPS) is 11.8. The molecular weight excluding hydrogens is 338 g/mol. The van der Waals surface area contributed by atoms with Gasteiger partial charge in [-0.1, -0.05) is 12.1 Å². The predicted molar refractivity (Wildman–Crippen MR) is 96.6 cm³/mol. The summed E-state index contributed by atoms with van der Waals surface area (Å²) < 4.78 is 5.01. The van der Waals surface area contributed by atoms with Crippen molar-refractivity contribution in [1.29, 1.82) is 0 Å². The second-order valence-electron chi connectivity index (χ2n) is 5.49. The van der Waals surface area contributed by atoms with E-state index in [9.17, 15) is 9.59 Å². The number of amides is 2. The molecule has 0 saturated heterocycles. The molecule has 0 bridgehead atoms. The van der Waals surface area contributed by atoms with Crippen LogP contribution in [0.1, 0.15) is 22.5 Å². The highest BCUT2D eigenvalue weighted by Crippen LogP contribution is 2.24. The Morgan fingerprint density at radius 3 is 2.76 bits per heavy atom. The van der Waals surface area contributed by atoms with E-state index in [-0.39, 0.29) is 11.7 Å². The summed E-state index contributed by atoms with van der Waals surface area (Å²) in [6.07, 6.45) is 1.41. The molecule has 1 atom stereocenters. The van der Waals surface area contributed by atoms with Crippen LogP contribution in [0.3, 0.4) is 0 Å². The first-order chi connectivity index (χ1) is 12.0. The predicted octanol–water partition coefficient (Wildman–Crippen LogP) is 3.47. The number of nitrogens with one attached hydrogen (secondary N) is 2. The van der Waals surface area contributed by atoms with Crippen LogP contribution in [-0.2, 0) is 4.79 Å². The van der Waals surface area contributed by atoms with Gasteiger partial charge in [0.2, 0.25) is 5.91 Å². The Labute approximate surface area is 148 Å². The Bertz CT molecular complexity index is 887. The highest BCUT2D eigenvalue weighted by molar-refractivity contribution is 7.09. The topological polar surface area (TPSA) is 84.2 Å². The molecule has 0 saturated carbocycles. The lowest BCUT2D eigenvalue weighted by Crippen LogP contribution is -2.41. The average Bonchev–Trinajstić information content (AvgIpc) is 3.26. The van der Waals surface area contributed by atoms with Gasteiger partial charge in [-0.2, -0.15) is 0 Å². The number of thiazole rings is 1. The smallest absolute Gasteiger partial charge is 0.287 e. The van der Waals surface area contributed by atoms with Gasteiger partial charge in [0.25, 0.3) is 5.91 Å². The first-order valence-electron chi connectivity index (χ1n) is 7.71. The molecule has 0 fully saturated rings. The fourth-order valence-electron chi connectivity index (χ4n) is 2.24. The molecule has 25 heavy (non-hydrogen) atoms. The van der Waals surface area contributed by atoms with Crippen LogP contribution in [-0.4, -0.2) is 22.8 Å². The molecule has 0 aliphatic heterocycles. The van der Waals surface area contributed by atoms with Gasteiger partial charge in [0, 0.05) is 16.6 Å². The Hall–Kier alpha value is -2.93. The van der Waals surface area contributed by atoms with Gasteiger partial charge in [-0.3, -0.25) is 9.59 Å². The largest absolute Gasteiger partial charge is 0.459 e. The van der Waals surface area contributed by atoms with Crippen molar-refractivity contribution in [2.24, 2.45) is 0 Å². The first-order valence-corrected chi connectivity index (χ1v) is 8.58. The van der Waals surface area contributed by atoms with Crippen molar-refractivity contribution in [3.05, 3.63) is 58.8 Å². The number of hydrogen-bond acceptors (Lipinski definition) is 5. The molecule has 1 aromatic carbocycles. The second kappa shape index (κ2) is 7.31. The Balaban J connectivity index is 1.65. The van der Waals surface area contributed by atoms with Gasteiger partial charge in [0.1, 0.15) is 6.04 Å². The standard InChI is InChI=1S/C18H17N3O3S/c1-11(19-18(23)16-7-4-8-24-16)17(22)21-14-6-3-5-13(9-14)15-10-25-12(2)20-15/h3-11H,1-2H3,(H,19,23)(H,21,22). The molecule has 2 heterocycles. The van der Waals surface area contributed by atoms with E-state index in [0.717, 1.165) is 16.3 Å². The van der Waals surface area contributed by atoms with E-state index in [0.29, 0.717) is 5.69 Å². The third-order valence-corrected chi connectivity index (χ3v) is 4.30. The van der Waals surface area contributed by atoms with Gasteiger partial charge >= 0.3 is 0 Å². The lowest BCUT2D eigenvalue weighted by molar-refractivity contribution is -0.117. The molecular formula is C18H17N3O3S. The highest BCUT2D eigenvalue weighted by Gasteiger charge is 2.18. The van der Waals surface area contributed by atoms with Gasteiger partial charge in [0.05, 0.1) is 17.0 Å². The number of aromatic nitrogens is 1. The van der Waals surface area contributed by atoms with Gasteiger partial charge in [-0.15, -0.1) is 11.3 Å². The summed E-state index contributed by atoms with van der Waals surface area (Å²) in [5.74, 6) is -0.577.